The van der Waals surface area contributed by atoms with Crippen LogP contribution >= 0.6 is 0 Å². The summed E-state index contributed by atoms with van der Waals surface area (Å²) < 4.78 is 18.9. The van der Waals surface area contributed by atoms with E-state index in [-0.39, 0.29) is 11.6 Å². The van der Waals surface area contributed by atoms with Crippen LogP contribution in [0.15, 0.2) is 42.5 Å². The topological polar surface area (TPSA) is 32.8 Å². The zero-order valence-electron chi connectivity index (χ0n) is 17.5. The molecule has 0 amide bonds. The summed E-state index contributed by atoms with van der Waals surface area (Å²) in [5.74, 6) is 0.764. The van der Waals surface area contributed by atoms with Crippen LogP contribution in [0.2, 0.25) is 0 Å². The van der Waals surface area contributed by atoms with Crippen molar-refractivity contribution in [3.05, 3.63) is 65.0 Å². The van der Waals surface area contributed by atoms with Crippen molar-refractivity contribution in [1.82, 2.24) is 9.80 Å². The number of halogens is 1. The maximum absolute atomic E-state index is 12.9. The van der Waals surface area contributed by atoms with Crippen molar-refractivity contribution in [3.63, 3.8) is 0 Å². The molecule has 0 unspecified atom stereocenters. The van der Waals surface area contributed by atoms with Crippen LogP contribution in [0.3, 0.4) is 0 Å². The maximum atomic E-state index is 12.9. The first-order valence-electron chi connectivity index (χ1n) is 10.4. The average molecular weight is 399 g/mol. The molecule has 0 aromatic heterocycles. The third kappa shape index (κ3) is 6.65. The van der Waals surface area contributed by atoms with Gasteiger partial charge in [0.2, 0.25) is 0 Å². The molecule has 5 heteroatoms. The van der Waals surface area contributed by atoms with Gasteiger partial charge in [-0.15, -0.1) is 0 Å². The highest BCUT2D eigenvalue weighted by Crippen LogP contribution is 2.19. The van der Waals surface area contributed by atoms with E-state index in [1.165, 1.54) is 23.3 Å². The van der Waals surface area contributed by atoms with Crippen molar-refractivity contribution in [2.75, 3.05) is 45.9 Å². The molecule has 0 N–H and O–H groups in total. The van der Waals surface area contributed by atoms with E-state index in [9.17, 15) is 9.18 Å². The lowest BCUT2D eigenvalue weighted by Gasteiger charge is -2.34. The molecule has 1 heterocycles. The number of aryl methyl sites for hydroxylation is 2. The first kappa shape index (κ1) is 21.5. The molecule has 0 atom stereocenters. The molecule has 156 valence electrons. The smallest absolute Gasteiger partial charge is 0.162 e. The molecule has 1 saturated heterocycles. The number of rotatable bonds is 9. The molecular weight excluding hydrogens is 367 g/mol. The van der Waals surface area contributed by atoms with Gasteiger partial charge < -0.3 is 9.64 Å². The van der Waals surface area contributed by atoms with Crippen molar-refractivity contribution < 1.29 is 13.9 Å². The lowest BCUT2D eigenvalue weighted by Crippen LogP contribution is -2.47. The molecule has 1 fully saturated rings. The number of nitrogens with zero attached hydrogens (tertiary/aromatic N) is 2. The number of ether oxygens (including phenoxy) is 1. The Hall–Kier alpha value is -2.24. The van der Waals surface area contributed by atoms with E-state index < -0.39 is 0 Å². The zero-order valence-corrected chi connectivity index (χ0v) is 17.5. The second-order valence-electron chi connectivity index (χ2n) is 7.83. The van der Waals surface area contributed by atoms with Gasteiger partial charge in [0, 0.05) is 44.7 Å². The van der Waals surface area contributed by atoms with Crippen molar-refractivity contribution in [1.29, 1.82) is 0 Å². The predicted molar refractivity (Wildman–Crippen MR) is 114 cm³/mol. The lowest BCUT2D eigenvalue weighted by molar-refractivity contribution is 0.0953. The third-order valence-electron chi connectivity index (χ3n) is 5.52. The molecular formula is C24H31FN2O2. The monoisotopic (exact) mass is 398 g/mol. The highest BCUT2D eigenvalue weighted by atomic mass is 19.1. The molecule has 29 heavy (non-hydrogen) atoms. The summed E-state index contributed by atoms with van der Waals surface area (Å²) >= 11 is 0. The fourth-order valence-corrected chi connectivity index (χ4v) is 3.63. The molecule has 2 aromatic rings. The Labute approximate surface area is 173 Å². The second kappa shape index (κ2) is 10.5. The minimum atomic E-state index is -0.307. The summed E-state index contributed by atoms with van der Waals surface area (Å²) in [7, 11) is 0. The number of hydrogen-bond acceptors (Lipinski definition) is 4. The molecule has 4 nitrogen and oxygen atoms in total. The zero-order chi connectivity index (χ0) is 20.6. The summed E-state index contributed by atoms with van der Waals surface area (Å²) in [6.45, 7) is 10.8. The van der Waals surface area contributed by atoms with E-state index in [2.05, 4.69) is 41.8 Å². The Bertz CT molecular complexity index is 799. The second-order valence-corrected chi connectivity index (χ2v) is 7.83. The van der Waals surface area contributed by atoms with Gasteiger partial charge in [0.15, 0.2) is 5.78 Å². The van der Waals surface area contributed by atoms with E-state index in [0.29, 0.717) is 18.6 Å². The molecule has 0 radical (unpaired) electrons. The van der Waals surface area contributed by atoms with Crippen molar-refractivity contribution in [2.24, 2.45) is 0 Å². The standard InChI is InChI=1S/C24H31FN2O2/c1-19-5-6-20(2)24(18-19)29-17-16-27-14-12-26(13-15-27)11-3-4-23(28)21-7-9-22(25)10-8-21/h5-10,18H,3-4,11-17H2,1-2H3. The summed E-state index contributed by atoms with van der Waals surface area (Å²) in [5, 5.41) is 0. The van der Waals surface area contributed by atoms with Gasteiger partial charge in [0.05, 0.1) is 0 Å². The van der Waals surface area contributed by atoms with E-state index in [1.54, 1.807) is 12.1 Å². The Kier molecular flexibility index (Phi) is 7.78. The van der Waals surface area contributed by atoms with Crippen LogP contribution in [0.5, 0.6) is 5.75 Å². The Morgan fingerprint density at radius 2 is 1.62 bits per heavy atom. The van der Waals surface area contributed by atoms with Crippen LogP contribution in [0.25, 0.3) is 0 Å². The maximum Gasteiger partial charge on any atom is 0.162 e. The van der Waals surface area contributed by atoms with E-state index >= 15 is 0 Å². The molecule has 0 saturated carbocycles. The van der Waals surface area contributed by atoms with Gasteiger partial charge in [-0.05, 0) is 68.3 Å². The van der Waals surface area contributed by atoms with Gasteiger partial charge in [0.1, 0.15) is 18.2 Å². The Morgan fingerprint density at radius 1 is 0.966 bits per heavy atom. The summed E-state index contributed by atoms with van der Waals surface area (Å²) in [5.41, 5.74) is 2.99. The van der Waals surface area contributed by atoms with Crippen molar-refractivity contribution in [3.8, 4) is 5.75 Å². The van der Waals surface area contributed by atoms with E-state index in [1.807, 2.05) is 0 Å². The van der Waals surface area contributed by atoms with E-state index in [0.717, 1.165) is 51.4 Å². The van der Waals surface area contributed by atoms with Gasteiger partial charge in [0.25, 0.3) is 0 Å². The first-order chi connectivity index (χ1) is 14.0. The van der Waals surface area contributed by atoms with Crippen LogP contribution in [0, 0.1) is 19.7 Å². The number of carbonyl (C=O) groups excluding carboxylic acids is 1. The Morgan fingerprint density at radius 3 is 2.31 bits per heavy atom. The molecule has 0 aliphatic carbocycles. The van der Waals surface area contributed by atoms with Crippen LogP contribution in [0.4, 0.5) is 4.39 Å². The Balaban J connectivity index is 1.30. The molecule has 1 aliphatic rings. The number of hydrogen-bond donors (Lipinski definition) is 0. The minimum absolute atomic E-state index is 0.0900. The van der Waals surface area contributed by atoms with E-state index in [4.69, 9.17) is 4.74 Å². The number of piperazine rings is 1. The first-order valence-corrected chi connectivity index (χ1v) is 10.4. The number of carbonyl (C=O) groups is 1. The van der Waals surface area contributed by atoms with Gasteiger partial charge in [-0.1, -0.05) is 12.1 Å². The minimum Gasteiger partial charge on any atom is -0.492 e. The van der Waals surface area contributed by atoms with Crippen LogP contribution < -0.4 is 4.74 Å². The molecule has 0 spiro atoms. The third-order valence-corrected chi connectivity index (χ3v) is 5.52. The van der Waals surface area contributed by atoms with Gasteiger partial charge in [-0.2, -0.15) is 0 Å². The van der Waals surface area contributed by atoms with Gasteiger partial charge in [-0.3, -0.25) is 9.69 Å². The van der Waals surface area contributed by atoms with Crippen LogP contribution in [-0.4, -0.2) is 61.5 Å². The van der Waals surface area contributed by atoms with Gasteiger partial charge in [-0.25, -0.2) is 4.39 Å². The molecule has 0 bridgehead atoms. The highest BCUT2D eigenvalue weighted by molar-refractivity contribution is 5.95. The fourth-order valence-electron chi connectivity index (χ4n) is 3.63. The lowest BCUT2D eigenvalue weighted by atomic mass is 10.1. The van der Waals surface area contributed by atoms with Crippen LogP contribution in [-0.2, 0) is 0 Å². The largest absolute Gasteiger partial charge is 0.492 e. The summed E-state index contributed by atoms with van der Waals surface area (Å²) in [4.78, 5) is 17.0. The number of Topliss-reactive ketones (excluding diaryl/α,β-unsaturated/α-hetero) is 1. The average Bonchev–Trinajstić information content (AvgIpc) is 2.72. The fraction of sp³-hybridized carbons (Fsp3) is 0.458. The summed E-state index contributed by atoms with van der Waals surface area (Å²) in [6, 6.07) is 12.1. The SMILES string of the molecule is Cc1ccc(C)c(OCCN2CCN(CCCC(=O)c3ccc(F)cc3)CC2)c1. The molecule has 1 aliphatic heterocycles. The van der Waals surface area contributed by atoms with Crippen molar-refractivity contribution >= 4 is 5.78 Å². The normalized spacial score (nSPS) is 15.4. The van der Waals surface area contributed by atoms with Crippen molar-refractivity contribution in [2.45, 2.75) is 26.7 Å². The quantitative estimate of drug-likeness (QED) is 0.596. The molecule has 3 rings (SSSR count). The summed E-state index contributed by atoms with van der Waals surface area (Å²) in [6.07, 6.45) is 1.35. The van der Waals surface area contributed by atoms with Gasteiger partial charge >= 0.3 is 0 Å². The number of ketones is 1. The predicted octanol–water partition coefficient (Wildman–Crippen LogP) is 4.10. The number of benzene rings is 2. The highest BCUT2D eigenvalue weighted by Gasteiger charge is 2.17. The molecule has 2 aromatic carbocycles. The van der Waals surface area contributed by atoms with Crippen LogP contribution in [0.1, 0.15) is 34.3 Å².